The van der Waals surface area contributed by atoms with Crippen molar-refractivity contribution in [1.29, 1.82) is 0 Å². The number of hydrogen-bond donors (Lipinski definition) is 2. The van der Waals surface area contributed by atoms with Crippen molar-refractivity contribution in [2.24, 2.45) is 14.1 Å². The van der Waals surface area contributed by atoms with Gasteiger partial charge in [0.05, 0.1) is 16.0 Å². The number of carbonyl (C=O) groups excluding carboxylic acids is 2. The molecule has 1 heterocycles. The number of anilines is 2. The van der Waals surface area contributed by atoms with Gasteiger partial charge in [-0.05, 0) is 36.4 Å². The molecule has 3 rings (SSSR count). The summed E-state index contributed by atoms with van der Waals surface area (Å²) in [6, 6.07) is 7.86. The van der Waals surface area contributed by atoms with Gasteiger partial charge in [0, 0.05) is 19.8 Å². The molecule has 0 atom stereocenters. The minimum atomic E-state index is -4.69. The molecule has 3 N–H and O–H groups in total. The SMILES string of the molecule is Cn1c(N)c(C(=O)COC(=O)c2cccc(S(=O)(=O)Nc3cccc(C(F)(F)F)c3)c2)c(=O)n(C)c1=O. The van der Waals surface area contributed by atoms with E-state index in [-0.39, 0.29) is 11.3 Å². The van der Waals surface area contributed by atoms with Crippen LogP contribution in [-0.4, -0.2) is 35.9 Å². The van der Waals surface area contributed by atoms with E-state index >= 15 is 0 Å². The molecule has 0 unspecified atom stereocenters. The van der Waals surface area contributed by atoms with Crippen LogP contribution < -0.4 is 21.7 Å². The van der Waals surface area contributed by atoms with Gasteiger partial charge in [-0.2, -0.15) is 13.2 Å². The number of hydrogen-bond acceptors (Lipinski definition) is 8. The van der Waals surface area contributed by atoms with Crippen LogP contribution in [-0.2, 0) is 35.0 Å². The smallest absolute Gasteiger partial charge is 0.416 e. The maximum absolute atomic E-state index is 12.9. The minimum absolute atomic E-state index is 0.305. The summed E-state index contributed by atoms with van der Waals surface area (Å²) in [5.41, 5.74) is 1.63. The quantitative estimate of drug-likeness (QED) is 0.337. The lowest BCUT2D eigenvalue weighted by atomic mass is 10.2. The number of rotatable bonds is 7. The molecular formula is C22H19F3N4O7S. The molecule has 0 aliphatic carbocycles. The highest BCUT2D eigenvalue weighted by atomic mass is 32.2. The Labute approximate surface area is 207 Å². The highest BCUT2D eigenvalue weighted by Gasteiger charge is 2.31. The van der Waals surface area contributed by atoms with E-state index in [9.17, 15) is 40.8 Å². The van der Waals surface area contributed by atoms with Crippen molar-refractivity contribution in [2.75, 3.05) is 17.1 Å². The summed E-state index contributed by atoms with van der Waals surface area (Å²) in [5, 5.41) is 0. The van der Waals surface area contributed by atoms with Gasteiger partial charge in [0.25, 0.3) is 15.6 Å². The van der Waals surface area contributed by atoms with E-state index in [0.717, 1.165) is 41.9 Å². The Bertz CT molecular complexity index is 1630. The Morgan fingerprint density at radius 3 is 2.32 bits per heavy atom. The van der Waals surface area contributed by atoms with Crippen LogP contribution in [0.4, 0.5) is 24.7 Å². The molecule has 0 bridgehead atoms. The predicted molar refractivity (Wildman–Crippen MR) is 125 cm³/mol. The van der Waals surface area contributed by atoms with Gasteiger partial charge in [-0.1, -0.05) is 12.1 Å². The molecule has 11 nitrogen and oxygen atoms in total. The predicted octanol–water partition coefficient (Wildman–Crippen LogP) is 1.53. The van der Waals surface area contributed by atoms with Crippen molar-refractivity contribution in [3.05, 3.63) is 86.1 Å². The number of esters is 1. The molecule has 2 aromatic carbocycles. The summed E-state index contributed by atoms with van der Waals surface area (Å²) >= 11 is 0. The van der Waals surface area contributed by atoms with E-state index in [1.165, 1.54) is 19.2 Å². The molecule has 196 valence electrons. The van der Waals surface area contributed by atoms with E-state index in [2.05, 4.69) is 0 Å². The molecule has 0 saturated carbocycles. The lowest BCUT2D eigenvalue weighted by molar-refractivity contribution is -0.137. The van der Waals surface area contributed by atoms with Gasteiger partial charge in [0.15, 0.2) is 6.61 Å². The number of ether oxygens (including phenoxy) is 1. The molecule has 15 heteroatoms. The van der Waals surface area contributed by atoms with Gasteiger partial charge < -0.3 is 10.5 Å². The number of sulfonamides is 1. The molecule has 0 aliphatic heterocycles. The molecule has 0 aliphatic rings. The number of carbonyl (C=O) groups is 2. The number of halogens is 3. The number of Topliss-reactive ketones (excluding diaryl/α,β-unsaturated/α-hetero) is 1. The van der Waals surface area contributed by atoms with Crippen LogP contribution in [0.25, 0.3) is 0 Å². The molecule has 0 saturated heterocycles. The van der Waals surface area contributed by atoms with Crippen molar-refractivity contribution in [2.45, 2.75) is 11.1 Å². The van der Waals surface area contributed by atoms with Crippen LogP contribution in [0.15, 0.2) is 63.0 Å². The van der Waals surface area contributed by atoms with E-state index in [4.69, 9.17) is 10.5 Å². The van der Waals surface area contributed by atoms with Gasteiger partial charge in [-0.15, -0.1) is 0 Å². The number of nitrogen functional groups attached to an aromatic ring is 1. The standard InChI is InChI=1S/C22H19F3N4O7S/c1-28-18(26)17(19(31)29(2)21(28)33)16(30)11-36-20(32)12-5-3-8-15(9-12)37(34,35)27-14-7-4-6-13(10-14)22(23,24)25/h3-10,27H,11,26H2,1-2H3. The van der Waals surface area contributed by atoms with Gasteiger partial charge in [-0.3, -0.25) is 23.4 Å². The van der Waals surface area contributed by atoms with Crippen LogP contribution >= 0.6 is 0 Å². The Kier molecular flexibility index (Phi) is 7.29. The summed E-state index contributed by atoms with van der Waals surface area (Å²) < 4.78 is 72.5. The number of nitrogens with one attached hydrogen (secondary N) is 1. The molecule has 1 aromatic heterocycles. The fraction of sp³-hybridized carbons (Fsp3) is 0.182. The number of aromatic nitrogens is 2. The van der Waals surface area contributed by atoms with E-state index in [1.54, 1.807) is 0 Å². The molecule has 0 amide bonds. The van der Waals surface area contributed by atoms with Crippen LogP contribution in [0.2, 0.25) is 0 Å². The zero-order valence-electron chi connectivity index (χ0n) is 19.2. The van der Waals surface area contributed by atoms with E-state index in [1.807, 2.05) is 4.72 Å². The Balaban J connectivity index is 1.79. The van der Waals surface area contributed by atoms with E-state index in [0.29, 0.717) is 10.6 Å². The van der Waals surface area contributed by atoms with Crippen molar-refractivity contribution in [1.82, 2.24) is 9.13 Å². The largest absolute Gasteiger partial charge is 0.454 e. The average molecular weight is 540 g/mol. The van der Waals surface area contributed by atoms with Crippen molar-refractivity contribution in [3.8, 4) is 0 Å². The lowest BCUT2D eigenvalue weighted by Crippen LogP contribution is -2.42. The molecular weight excluding hydrogens is 521 g/mol. The summed E-state index contributed by atoms with van der Waals surface area (Å²) in [7, 11) is -2.05. The first kappa shape index (κ1) is 27.2. The maximum atomic E-state index is 12.9. The normalized spacial score (nSPS) is 11.7. The van der Waals surface area contributed by atoms with Crippen molar-refractivity contribution < 1.29 is 35.9 Å². The first-order chi connectivity index (χ1) is 17.1. The third kappa shape index (κ3) is 5.72. The molecule has 37 heavy (non-hydrogen) atoms. The second kappa shape index (κ2) is 9.93. The second-order valence-corrected chi connectivity index (χ2v) is 9.36. The van der Waals surface area contributed by atoms with Crippen molar-refractivity contribution in [3.63, 3.8) is 0 Å². The summed E-state index contributed by atoms with van der Waals surface area (Å²) in [4.78, 5) is 48.6. The summed E-state index contributed by atoms with van der Waals surface area (Å²) in [5.74, 6) is -2.57. The molecule has 3 aromatic rings. The van der Waals surface area contributed by atoms with Crippen molar-refractivity contribution >= 4 is 33.3 Å². The number of benzene rings is 2. The molecule has 0 spiro atoms. The van der Waals surface area contributed by atoms with Crippen LogP contribution in [0.3, 0.4) is 0 Å². The summed E-state index contributed by atoms with van der Waals surface area (Å²) in [6.45, 7) is -0.948. The first-order valence-corrected chi connectivity index (χ1v) is 11.7. The highest BCUT2D eigenvalue weighted by molar-refractivity contribution is 7.92. The monoisotopic (exact) mass is 540 g/mol. The number of alkyl halides is 3. The van der Waals surface area contributed by atoms with Gasteiger partial charge in [0.1, 0.15) is 11.4 Å². The van der Waals surface area contributed by atoms with Crippen LogP contribution in [0, 0.1) is 0 Å². The molecule has 0 fully saturated rings. The van der Waals surface area contributed by atoms with Gasteiger partial charge in [-0.25, -0.2) is 18.0 Å². The third-order valence-corrected chi connectivity index (χ3v) is 6.52. The second-order valence-electron chi connectivity index (χ2n) is 7.68. The Hall–Kier alpha value is -4.40. The average Bonchev–Trinajstić information content (AvgIpc) is 2.84. The third-order valence-electron chi connectivity index (χ3n) is 5.15. The Morgan fingerprint density at radius 1 is 1.03 bits per heavy atom. The number of nitrogens with two attached hydrogens (primary N) is 1. The van der Waals surface area contributed by atoms with E-state index < -0.39 is 67.6 Å². The zero-order chi connectivity index (χ0) is 27.7. The lowest BCUT2D eigenvalue weighted by Gasteiger charge is -2.12. The fourth-order valence-corrected chi connectivity index (χ4v) is 4.27. The summed E-state index contributed by atoms with van der Waals surface area (Å²) in [6.07, 6.45) is -4.69. The maximum Gasteiger partial charge on any atom is 0.416 e. The topological polar surface area (TPSA) is 160 Å². The zero-order valence-corrected chi connectivity index (χ0v) is 20.0. The fourth-order valence-electron chi connectivity index (χ4n) is 3.17. The first-order valence-electron chi connectivity index (χ1n) is 10.2. The molecule has 0 radical (unpaired) electrons. The number of nitrogens with zero attached hydrogens (tertiary/aromatic N) is 2. The highest BCUT2D eigenvalue weighted by Crippen LogP contribution is 2.31. The van der Waals surface area contributed by atoms with Gasteiger partial charge in [0.2, 0.25) is 5.78 Å². The van der Waals surface area contributed by atoms with Crippen LogP contribution in [0.1, 0.15) is 26.3 Å². The Morgan fingerprint density at radius 2 is 1.68 bits per heavy atom. The van der Waals surface area contributed by atoms with Crippen LogP contribution in [0.5, 0.6) is 0 Å². The number of ketones is 1. The minimum Gasteiger partial charge on any atom is -0.454 e. The van der Waals surface area contributed by atoms with Gasteiger partial charge >= 0.3 is 17.8 Å².